The van der Waals surface area contributed by atoms with Crippen molar-refractivity contribution in [2.24, 2.45) is 10.7 Å². The summed E-state index contributed by atoms with van der Waals surface area (Å²) in [7, 11) is 3.23. The Hall–Kier alpha value is -3.94. The van der Waals surface area contributed by atoms with Gasteiger partial charge in [0.2, 0.25) is 5.95 Å². The molecule has 0 saturated heterocycles. The van der Waals surface area contributed by atoms with Gasteiger partial charge in [-0.2, -0.15) is 4.39 Å². The molecule has 2 aliphatic rings. The zero-order chi connectivity index (χ0) is 24.1. The average molecular weight is 461 g/mol. The van der Waals surface area contributed by atoms with E-state index in [2.05, 4.69) is 9.98 Å². The Morgan fingerprint density at radius 3 is 2.62 bits per heavy atom. The summed E-state index contributed by atoms with van der Waals surface area (Å²) in [6.07, 6.45) is 2.22. The number of pyridine rings is 1. The largest absolute Gasteiger partial charge is 0.497 e. The Morgan fingerprint density at radius 1 is 1.21 bits per heavy atom. The maximum Gasteiger partial charge on any atom is 0.261 e. The summed E-state index contributed by atoms with van der Waals surface area (Å²) in [5.74, 6) is 0.605. The number of aromatic nitrogens is 1. The maximum atomic E-state index is 14.4. The lowest BCUT2D eigenvalue weighted by Gasteiger charge is -2.43. The summed E-state index contributed by atoms with van der Waals surface area (Å²) in [6, 6.07) is 16.3. The van der Waals surface area contributed by atoms with Crippen LogP contribution in [-0.4, -0.2) is 41.5 Å². The maximum absolute atomic E-state index is 14.4. The number of aliphatic imine (C=N–C) groups is 1. The molecule has 1 spiro atoms. The van der Waals surface area contributed by atoms with Gasteiger partial charge in [0.1, 0.15) is 17.1 Å². The van der Waals surface area contributed by atoms with E-state index in [1.807, 2.05) is 31.2 Å². The quantitative estimate of drug-likeness (QED) is 0.600. The van der Waals surface area contributed by atoms with Gasteiger partial charge in [0, 0.05) is 37.2 Å². The van der Waals surface area contributed by atoms with Crippen molar-refractivity contribution in [1.29, 1.82) is 0 Å². The third-order valence-corrected chi connectivity index (χ3v) is 6.53. The van der Waals surface area contributed by atoms with Gasteiger partial charge in [0.25, 0.3) is 5.91 Å². The Bertz CT molecular complexity index is 1310. The Balaban J connectivity index is 1.61. The Morgan fingerprint density at radius 2 is 1.97 bits per heavy atom. The number of methoxy groups -OCH3 is 1. The number of likely N-dealkylation sites (N-methyl/N-ethyl adjacent to an activating group) is 1. The SMILES string of the molecule is COc1ccc(CC2(C)CC3(N=C(N)N(C)C3=O)c3cc(-c4cccnc4F)ccc3O2)cc1. The molecule has 1 aromatic heterocycles. The van der Waals surface area contributed by atoms with E-state index in [4.69, 9.17) is 15.2 Å². The highest BCUT2D eigenvalue weighted by molar-refractivity contribution is 6.07. The van der Waals surface area contributed by atoms with E-state index in [1.54, 1.807) is 44.5 Å². The average Bonchev–Trinajstić information content (AvgIpc) is 3.03. The number of ether oxygens (including phenoxy) is 2. The number of nitrogens with zero attached hydrogens (tertiary/aromatic N) is 3. The smallest absolute Gasteiger partial charge is 0.261 e. The van der Waals surface area contributed by atoms with Crippen LogP contribution in [0.2, 0.25) is 0 Å². The molecular formula is C26H25FN4O3. The molecule has 0 fully saturated rings. The van der Waals surface area contributed by atoms with Crippen molar-refractivity contribution in [3.63, 3.8) is 0 Å². The molecule has 0 aliphatic carbocycles. The summed E-state index contributed by atoms with van der Waals surface area (Å²) in [5, 5.41) is 0. The van der Waals surface area contributed by atoms with E-state index in [1.165, 1.54) is 11.1 Å². The molecule has 34 heavy (non-hydrogen) atoms. The van der Waals surface area contributed by atoms with Crippen molar-refractivity contribution in [2.45, 2.75) is 30.9 Å². The number of guanidine groups is 1. The lowest BCUT2D eigenvalue weighted by molar-refractivity contribution is -0.133. The monoisotopic (exact) mass is 460 g/mol. The molecule has 0 radical (unpaired) electrons. The van der Waals surface area contributed by atoms with Crippen LogP contribution in [0.5, 0.6) is 11.5 Å². The molecule has 3 aromatic rings. The van der Waals surface area contributed by atoms with E-state index in [0.29, 0.717) is 28.9 Å². The summed E-state index contributed by atoms with van der Waals surface area (Å²) >= 11 is 0. The summed E-state index contributed by atoms with van der Waals surface area (Å²) in [6.45, 7) is 1.97. The van der Waals surface area contributed by atoms with Crippen LogP contribution in [-0.2, 0) is 16.8 Å². The Kier molecular flexibility index (Phi) is 5.04. The van der Waals surface area contributed by atoms with E-state index < -0.39 is 17.1 Å². The van der Waals surface area contributed by atoms with Gasteiger partial charge >= 0.3 is 0 Å². The van der Waals surface area contributed by atoms with Gasteiger partial charge in [0.15, 0.2) is 11.5 Å². The van der Waals surface area contributed by atoms with Gasteiger partial charge in [-0.25, -0.2) is 9.98 Å². The van der Waals surface area contributed by atoms with Crippen molar-refractivity contribution < 1.29 is 18.7 Å². The van der Waals surface area contributed by atoms with Gasteiger partial charge in [-0.1, -0.05) is 18.2 Å². The van der Waals surface area contributed by atoms with Crippen molar-refractivity contribution >= 4 is 11.9 Å². The van der Waals surface area contributed by atoms with E-state index in [0.717, 1.165) is 11.3 Å². The fraction of sp³-hybridized carbons (Fsp3) is 0.269. The van der Waals surface area contributed by atoms with Crippen LogP contribution in [0.4, 0.5) is 4.39 Å². The first-order valence-electron chi connectivity index (χ1n) is 11.0. The van der Waals surface area contributed by atoms with E-state index >= 15 is 0 Å². The van der Waals surface area contributed by atoms with Gasteiger partial charge in [-0.15, -0.1) is 0 Å². The molecule has 5 rings (SSSR count). The first-order valence-corrected chi connectivity index (χ1v) is 11.0. The molecule has 0 bridgehead atoms. The summed E-state index contributed by atoms with van der Waals surface area (Å²) < 4.78 is 26.2. The highest BCUT2D eigenvalue weighted by Gasteiger charge is 2.56. The van der Waals surface area contributed by atoms with Gasteiger partial charge in [-0.3, -0.25) is 9.69 Å². The number of fused-ring (bicyclic) bond motifs is 2. The first kappa shape index (κ1) is 21.9. The van der Waals surface area contributed by atoms with Gasteiger partial charge < -0.3 is 15.2 Å². The highest BCUT2D eigenvalue weighted by atomic mass is 19.1. The third-order valence-electron chi connectivity index (χ3n) is 6.53. The molecule has 8 heteroatoms. The lowest BCUT2D eigenvalue weighted by atomic mass is 9.74. The fourth-order valence-corrected chi connectivity index (χ4v) is 4.91. The van der Waals surface area contributed by atoms with Crippen LogP contribution < -0.4 is 15.2 Å². The van der Waals surface area contributed by atoms with Gasteiger partial charge in [-0.05, 0) is 54.4 Å². The van der Waals surface area contributed by atoms with Crippen molar-refractivity contribution in [3.8, 4) is 22.6 Å². The molecule has 2 aromatic carbocycles. The predicted octanol–water partition coefficient (Wildman–Crippen LogP) is 3.66. The number of carbonyl (C=O) groups excluding carboxylic acids is 1. The second-order valence-electron chi connectivity index (χ2n) is 9.00. The molecule has 2 N–H and O–H groups in total. The molecule has 0 saturated carbocycles. The lowest BCUT2D eigenvalue weighted by Crippen LogP contribution is -2.51. The molecule has 2 aliphatic heterocycles. The molecule has 7 nitrogen and oxygen atoms in total. The zero-order valence-electron chi connectivity index (χ0n) is 19.2. The minimum atomic E-state index is -1.26. The number of amides is 1. The first-order chi connectivity index (χ1) is 16.2. The van der Waals surface area contributed by atoms with Crippen molar-refractivity contribution in [3.05, 3.63) is 77.9 Å². The number of carbonyl (C=O) groups is 1. The highest BCUT2D eigenvalue weighted by Crippen LogP contribution is 2.50. The third kappa shape index (κ3) is 3.46. The number of hydrogen-bond acceptors (Lipinski definition) is 6. The number of hydrogen-bond donors (Lipinski definition) is 1. The number of halogens is 1. The standard InChI is InChI=1S/C26H25FN4O3/c1-25(14-16-6-9-18(33-3)10-7-16)15-26(23(32)31(2)24(28)30-26)20-13-17(8-11-21(20)34-25)19-5-4-12-29-22(19)27/h4-13H,14-15H2,1-3H3,(H2,28,30). The van der Waals surface area contributed by atoms with E-state index in [-0.39, 0.29) is 18.3 Å². The summed E-state index contributed by atoms with van der Waals surface area (Å²) in [4.78, 5) is 23.3. The topological polar surface area (TPSA) is 90.0 Å². The number of nitrogens with two attached hydrogens (primary N) is 1. The molecule has 174 valence electrons. The van der Waals surface area contributed by atoms with Crippen LogP contribution in [0.25, 0.3) is 11.1 Å². The molecule has 1 amide bonds. The zero-order valence-corrected chi connectivity index (χ0v) is 19.2. The number of rotatable bonds is 4. The second-order valence-corrected chi connectivity index (χ2v) is 9.00. The van der Waals surface area contributed by atoms with E-state index in [9.17, 15) is 9.18 Å². The number of benzene rings is 2. The molecule has 2 unspecified atom stereocenters. The van der Waals surface area contributed by atoms with Gasteiger partial charge in [0.05, 0.1) is 7.11 Å². The predicted molar refractivity (Wildman–Crippen MR) is 126 cm³/mol. The molecule has 3 heterocycles. The van der Waals surface area contributed by atoms with Crippen molar-refractivity contribution in [1.82, 2.24) is 9.88 Å². The van der Waals surface area contributed by atoms with Crippen LogP contribution in [0, 0.1) is 5.95 Å². The van der Waals surface area contributed by atoms with Crippen LogP contribution in [0.3, 0.4) is 0 Å². The molecule has 2 atom stereocenters. The van der Waals surface area contributed by atoms with Crippen LogP contribution >= 0.6 is 0 Å². The molecular weight excluding hydrogens is 435 g/mol. The Labute approximate surface area is 197 Å². The van der Waals surface area contributed by atoms with Crippen molar-refractivity contribution in [2.75, 3.05) is 14.2 Å². The van der Waals surface area contributed by atoms with Crippen LogP contribution in [0.1, 0.15) is 24.5 Å². The van der Waals surface area contributed by atoms with Crippen LogP contribution in [0.15, 0.2) is 65.8 Å². The minimum Gasteiger partial charge on any atom is -0.497 e. The second kappa shape index (κ2) is 7.83. The normalized spacial score (nSPS) is 23.5. The fourth-order valence-electron chi connectivity index (χ4n) is 4.91. The summed E-state index contributed by atoms with van der Waals surface area (Å²) in [5.41, 5.74) is 6.63. The minimum absolute atomic E-state index is 0.141.